The second-order valence-corrected chi connectivity index (χ2v) is 4.28. The zero-order chi connectivity index (χ0) is 9.14. The van der Waals surface area contributed by atoms with Crippen molar-refractivity contribution >= 4 is 40.7 Å². The Kier molecular flexibility index (Phi) is 3.56. The van der Waals surface area contributed by atoms with Crippen molar-refractivity contribution in [1.29, 1.82) is 0 Å². The molecule has 0 atom stereocenters. The van der Waals surface area contributed by atoms with Crippen molar-refractivity contribution in [3.05, 3.63) is 22.2 Å². The Morgan fingerprint density at radius 2 is 2.00 bits per heavy atom. The molecule has 1 rings (SSSR count). The fourth-order valence-corrected chi connectivity index (χ4v) is 2.07. The molecule has 0 amide bonds. The van der Waals surface area contributed by atoms with Crippen molar-refractivity contribution in [3.63, 3.8) is 0 Å². The first-order valence-corrected chi connectivity index (χ1v) is 5.27. The molecule has 4 heteroatoms. The molecule has 0 bridgehead atoms. The van der Waals surface area contributed by atoms with Gasteiger partial charge >= 0.3 is 0 Å². The number of hydrogen-bond donors (Lipinski definition) is 1. The Balaban J connectivity index is 3.08. The number of thioether (sulfide) groups is 1. The van der Waals surface area contributed by atoms with Crippen LogP contribution in [0.1, 0.15) is 6.92 Å². The largest absolute Gasteiger partial charge is 0.397 e. The van der Waals surface area contributed by atoms with Crippen molar-refractivity contribution in [2.24, 2.45) is 0 Å². The molecule has 0 unspecified atom stereocenters. The van der Waals surface area contributed by atoms with Gasteiger partial charge in [-0.15, -0.1) is 11.8 Å². The van der Waals surface area contributed by atoms with Crippen LogP contribution >= 0.6 is 35.0 Å². The Morgan fingerprint density at radius 3 is 2.58 bits per heavy atom. The third-order valence-corrected chi connectivity index (χ3v) is 3.33. The first-order chi connectivity index (χ1) is 5.66. The Labute approximate surface area is 86.2 Å². The predicted octanol–water partition coefficient (Wildman–Crippen LogP) is 3.69. The number of nitrogens with two attached hydrogens (primary N) is 1. The predicted molar refractivity (Wildman–Crippen MR) is 57.3 cm³/mol. The van der Waals surface area contributed by atoms with Crippen molar-refractivity contribution in [1.82, 2.24) is 0 Å². The average Bonchev–Trinajstić information content (AvgIpc) is 2.07. The SMILES string of the molecule is CCSc1ccc(N)c(Cl)c1Cl. The standard InChI is InChI=1S/C8H9Cl2NS/c1-2-12-6-4-3-5(11)7(9)8(6)10/h3-4H,2,11H2,1H3. The summed E-state index contributed by atoms with van der Waals surface area (Å²) in [4.78, 5) is 0.985. The maximum absolute atomic E-state index is 5.94. The molecule has 0 aliphatic heterocycles. The molecule has 2 N–H and O–H groups in total. The van der Waals surface area contributed by atoms with Gasteiger partial charge in [-0.05, 0) is 17.9 Å². The first-order valence-electron chi connectivity index (χ1n) is 3.53. The van der Waals surface area contributed by atoms with Gasteiger partial charge in [-0.2, -0.15) is 0 Å². The molecule has 1 aromatic rings. The highest BCUT2D eigenvalue weighted by Gasteiger charge is 2.06. The van der Waals surface area contributed by atoms with E-state index in [0.717, 1.165) is 10.6 Å². The van der Waals surface area contributed by atoms with Gasteiger partial charge < -0.3 is 5.73 Å². The Hall–Kier alpha value is -0.0500. The lowest BCUT2D eigenvalue weighted by Crippen LogP contribution is -1.87. The van der Waals surface area contributed by atoms with Crippen LogP contribution < -0.4 is 5.73 Å². The zero-order valence-electron chi connectivity index (χ0n) is 6.60. The molecule has 1 nitrogen and oxygen atoms in total. The van der Waals surface area contributed by atoms with Crippen LogP contribution in [0.3, 0.4) is 0 Å². The number of halogens is 2. The first kappa shape index (κ1) is 10.0. The van der Waals surface area contributed by atoms with Crippen LogP contribution in [0.15, 0.2) is 17.0 Å². The number of nitrogen functional groups attached to an aromatic ring is 1. The Bertz CT molecular complexity index is 289. The van der Waals surface area contributed by atoms with E-state index in [9.17, 15) is 0 Å². The lowest BCUT2D eigenvalue weighted by molar-refractivity contribution is 1.43. The summed E-state index contributed by atoms with van der Waals surface area (Å²) in [6.07, 6.45) is 0. The Morgan fingerprint density at radius 1 is 1.33 bits per heavy atom. The van der Waals surface area contributed by atoms with Crippen LogP contribution in [0.2, 0.25) is 10.0 Å². The van der Waals surface area contributed by atoms with E-state index in [2.05, 4.69) is 6.92 Å². The maximum atomic E-state index is 5.94. The third-order valence-electron chi connectivity index (χ3n) is 1.38. The number of hydrogen-bond acceptors (Lipinski definition) is 2. The van der Waals surface area contributed by atoms with Gasteiger partial charge in [0, 0.05) is 4.90 Å². The van der Waals surface area contributed by atoms with E-state index in [1.54, 1.807) is 17.8 Å². The molecule has 0 spiro atoms. The summed E-state index contributed by atoms with van der Waals surface area (Å²) in [7, 11) is 0. The summed E-state index contributed by atoms with van der Waals surface area (Å²) >= 11 is 13.4. The summed E-state index contributed by atoms with van der Waals surface area (Å²) in [5.74, 6) is 0.972. The normalized spacial score (nSPS) is 10.2. The molecule has 12 heavy (non-hydrogen) atoms. The van der Waals surface area contributed by atoms with Gasteiger partial charge in [-0.1, -0.05) is 30.1 Å². The molecule has 0 saturated carbocycles. The molecule has 1 aromatic carbocycles. The monoisotopic (exact) mass is 221 g/mol. The van der Waals surface area contributed by atoms with E-state index in [4.69, 9.17) is 28.9 Å². The molecule has 0 saturated heterocycles. The van der Waals surface area contributed by atoms with Gasteiger partial charge in [0.05, 0.1) is 15.7 Å². The highest BCUT2D eigenvalue weighted by atomic mass is 35.5. The van der Waals surface area contributed by atoms with Gasteiger partial charge in [-0.25, -0.2) is 0 Å². The van der Waals surface area contributed by atoms with Crippen molar-refractivity contribution in [2.45, 2.75) is 11.8 Å². The second kappa shape index (κ2) is 4.26. The fraction of sp³-hybridized carbons (Fsp3) is 0.250. The number of benzene rings is 1. The van der Waals surface area contributed by atoms with E-state index in [-0.39, 0.29) is 0 Å². The molecular formula is C8H9Cl2NS. The van der Waals surface area contributed by atoms with Crippen molar-refractivity contribution in [2.75, 3.05) is 11.5 Å². The summed E-state index contributed by atoms with van der Waals surface area (Å²) < 4.78 is 0. The summed E-state index contributed by atoms with van der Waals surface area (Å²) in [5, 5.41) is 1.01. The molecule has 0 aromatic heterocycles. The summed E-state index contributed by atoms with van der Waals surface area (Å²) in [6.45, 7) is 2.06. The van der Waals surface area contributed by atoms with E-state index in [1.807, 2.05) is 6.07 Å². The van der Waals surface area contributed by atoms with E-state index in [1.165, 1.54) is 0 Å². The smallest absolute Gasteiger partial charge is 0.0832 e. The van der Waals surface area contributed by atoms with Crippen LogP contribution in [0.5, 0.6) is 0 Å². The molecule has 0 heterocycles. The van der Waals surface area contributed by atoms with E-state index < -0.39 is 0 Å². The van der Waals surface area contributed by atoms with Crippen LogP contribution in [0, 0.1) is 0 Å². The number of rotatable bonds is 2. The van der Waals surface area contributed by atoms with Crippen molar-refractivity contribution < 1.29 is 0 Å². The quantitative estimate of drug-likeness (QED) is 0.610. The molecule has 0 fully saturated rings. The minimum atomic E-state index is 0.454. The minimum absolute atomic E-state index is 0.454. The third kappa shape index (κ3) is 2.00. The minimum Gasteiger partial charge on any atom is -0.397 e. The van der Waals surface area contributed by atoms with E-state index >= 15 is 0 Å². The van der Waals surface area contributed by atoms with Gasteiger partial charge in [-0.3, -0.25) is 0 Å². The van der Waals surface area contributed by atoms with Crippen molar-refractivity contribution in [3.8, 4) is 0 Å². The second-order valence-electron chi connectivity index (χ2n) is 2.21. The van der Waals surface area contributed by atoms with Gasteiger partial charge in [0.1, 0.15) is 0 Å². The maximum Gasteiger partial charge on any atom is 0.0832 e. The summed E-state index contributed by atoms with van der Waals surface area (Å²) in [6, 6.07) is 3.66. The lowest BCUT2D eigenvalue weighted by atomic mass is 10.3. The fourth-order valence-electron chi connectivity index (χ4n) is 0.814. The molecule has 0 radical (unpaired) electrons. The van der Waals surface area contributed by atoms with Crippen LogP contribution in [0.25, 0.3) is 0 Å². The topological polar surface area (TPSA) is 26.0 Å². The van der Waals surface area contributed by atoms with E-state index in [0.29, 0.717) is 15.7 Å². The molecule has 0 aliphatic carbocycles. The summed E-state index contributed by atoms with van der Waals surface area (Å²) in [5.41, 5.74) is 6.09. The van der Waals surface area contributed by atoms with Crippen LogP contribution in [-0.2, 0) is 0 Å². The van der Waals surface area contributed by atoms with Gasteiger partial charge in [0.25, 0.3) is 0 Å². The zero-order valence-corrected chi connectivity index (χ0v) is 8.93. The highest BCUT2D eigenvalue weighted by Crippen LogP contribution is 2.36. The number of anilines is 1. The lowest BCUT2D eigenvalue weighted by Gasteiger charge is -2.05. The van der Waals surface area contributed by atoms with Crippen LogP contribution in [0.4, 0.5) is 5.69 Å². The highest BCUT2D eigenvalue weighted by molar-refractivity contribution is 7.99. The molecular weight excluding hydrogens is 213 g/mol. The van der Waals surface area contributed by atoms with Gasteiger partial charge in [0.15, 0.2) is 0 Å². The van der Waals surface area contributed by atoms with Crippen LogP contribution in [-0.4, -0.2) is 5.75 Å². The average molecular weight is 222 g/mol. The molecule has 0 aliphatic rings. The van der Waals surface area contributed by atoms with Gasteiger partial charge in [0.2, 0.25) is 0 Å². The molecule has 66 valence electrons.